The van der Waals surface area contributed by atoms with E-state index in [1.807, 2.05) is 24.4 Å². The number of aryl methyl sites for hydroxylation is 1. The number of nitrogens with zero attached hydrogens (tertiary/aromatic N) is 1. The van der Waals surface area contributed by atoms with Gasteiger partial charge in [0.1, 0.15) is 0 Å². The number of nitrogens with one attached hydrogen (secondary N) is 1. The van der Waals surface area contributed by atoms with Crippen LogP contribution in [0.5, 0.6) is 0 Å². The monoisotopic (exact) mass is 276 g/mol. The van der Waals surface area contributed by atoms with Crippen LogP contribution in [0.3, 0.4) is 0 Å². The highest BCUT2D eigenvalue weighted by Crippen LogP contribution is 2.21. The van der Waals surface area contributed by atoms with Gasteiger partial charge >= 0.3 is 0 Å². The van der Waals surface area contributed by atoms with E-state index in [0.717, 1.165) is 23.9 Å². The zero-order valence-corrected chi connectivity index (χ0v) is 11.7. The van der Waals surface area contributed by atoms with Crippen molar-refractivity contribution in [3.8, 4) is 11.3 Å². The van der Waals surface area contributed by atoms with E-state index in [0.29, 0.717) is 5.69 Å². The maximum absolute atomic E-state index is 11.2. The van der Waals surface area contributed by atoms with E-state index in [9.17, 15) is 8.42 Å². The molecule has 0 aliphatic rings. The van der Waals surface area contributed by atoms with E-state index in [1.165, 1.54) is 5.56 Å². The van der Waals surface area contributed by atoms with Crippen LogP contribution in [0.2, 0.25) is 0 Å². The summed E-state index contributed by atoms with van der Waals surface area (Å²) in [5.74, 6) is 0. The molecule has 0 unspecified atom stereocenters. The van der Waals surface area contributed by atoms with E-state index in [-0.39, 0.29) is 0 Å². The number of pyridine rings is 1. The third kappa shape index (κ3) is 3.79. The number of aromatic nitrogens is 1. The van der Waals surface area contributed by atoms with Crippen LogP contribution < -0.4 is 4.72 Å². The summed E-state index contributed by atoms with van der Waals surface area (Å²) in [6, 6.07) is 11.2. The second-order valence-electron chi connectivity index (χ2n) is 4.36. The molecule has 0 amide bonds. The lowest BCUT2D eigenvalue weighted by Crippen LogP contribution is -2.09. The molecule has 0 saturated carbocycles. The fourth-order valence-corrected chi connectivity index (χ4v) is 2.32. The van der Waals surface area contributed by atoms with Crippen LogP contribution in [0.25, 0.3) is 11.3 Å². The van der Waals surface area contributed by atoms with E-state index >= 15 is 0 Å². The number of benzene rings is 1. The first kappa shape index (κ1) is 13.5. The van der Waals surface area contributed by atoms with Gasteiger partial charge in [-0.05, 0) is 30.2 Å². The first-order valence-electron chi connectivity index (χ1n) is 6.01. The first-order chi connectivity index (χ1) is 8.98. The van der Waals surface area contributed by atoms with Gasteiger partial charge in [-0.25, -0.2) is 8.42 Å². The Morgan fingerprint density at radius 1 is 1.21 bits per heavy atom. The molecule has 5 heteroatoms. The third-order valence-electron chi connectivity index (χ3n) is 2.69. The van der Waals surface area contributed by atoms with Gasteiger partial charge in [-0.15, -0.1) is 0 Å². The predicted molar refractivity (Wildman–Crippen MR) is 77.5 cm³/mol. The molecule has 0 aliphatic heterocycles. The van der Waals surface area contributed by atoms with Crippen LogP contribution in [0.4, 0.5) is 5.69 Å². The zero-order chi connectivity index (χ0) is 13.9. The molecular weight excluding hydrogens is 260 g/mol. The molecule has 0 fully saturated rings. The standard InChI is InChI=1S/C14H16N2O2S/c1-3-11-7-8-14(15-10-11)12-5-4-6-13(9-12)16-19(2,17)18/h4-10,16H,3H2,1-2H3. The van der Waals surface area contributed by atoms with Gasteiger partial charge in [0.05, 0.1) is 11.9 Å². The van der Waals surface area contributed by atoms with E-state index in [2.05, 4.69) is 16.6 Å². The molecule has 1 aromatic heterocycles. The lowest BCUT2D eigenvalue weighted by Gasteiger charge is -2.07. The second kappa shape index (κ2) is 5.40. The number of sulfonamides is 1. The normalized spacial score (nSPS) is 11.3. The summed E-state index contributed by atoms with van der Waals surface area (Å²) in [6.07, 6.45) is 3.92. The fraction of sp³-hybridized carbons (Fsp3) is 0.214. The minimum Gasteiger partial charge on any atom is -0.284 e. The lowest BCUT2D eigenvalue weighted by molar-refractivity contribution is 0.607. The van der Waals surface area contributed by atoms with Crippen LogP contribution in [0.1, 0.15) is 12.5 Å². The van der Waals surface area contributed by atoms with Crippen molar-refractivity contribution in [1.29, 1.82) is 0 Å². The summed E-state index contributed by atoms with van der Waals surface area (Å²) >= 11 is 0. The fourth-order valence-electron chi connectivity index (χ4n) is 1.76. The molecule has 2 aromatic rings. The molecule has 0 aliphatic carbocycles. The maximum Gasteiger partial charge on any atom is 0.229 e. The Balaban J connectivity index is 2.32. The van der Waals surface area contributed by atoms with Crippen molar-refractivity contribution in [2.45, 2.75) is 13.3 Å². The van der Waals surface area contributed by atoms with E-state index in [4.69, 9.17) is 0 Å². The number of hydrogen-bond donors (Lipinski definition) is 1. The predicted octanol–water partition coefficient (Wildman–Crippen LogP) is 2.68. The number of hydrogen-bond acceptors (Lipinski definition) is 3. The SMILES string of the molecule is CCc1ccc(-c2cccc(NS(C)(=O)=O)c2)nc1. The van der Waals surface area contributed by atoms with Crippen molar-refractivity contribution >= 4 is 15.7 Å². The van der Waals surface area contributed by atoms with Gasteiger partial charge in [-0.3, -0.25) is 9.71 Å². The van der Waals surface area contributed by atoms with Crippen LogP contribution >= 0.6 is 0 Å². The molecule has 0 atom stereocenters. The molecular formula is C14H16N2O2S. The van der Waals surface area contributed by atoms with Gasteiger partial charge in [0.2, 0.25) is 10.0 Å². The summed E-state index contributed by atoms with van der Waals surface area (Å²) in [7, 11) is -3.26. The average molecular weight is 276 g/mol. The lowest BCUT2D eigenvalue weighted by atomic mass is 10.1. The summed E-state index contributed by atoms with van der Waals surface area (Å²) in [5.41, 5.74) is 3.43. The Kier molecular flexibility index (Phi) is 3.85. The number of anilines is 1. The molecule has 0 saturated heterocycles. The first-order valence-corrected chi connectivity index (χ1v) is 7.90. The minimum absolute atomic E-state index is 0.543. The van der Waals surface area contributed by atoms with Crippen molar-refractivity contribution in [3.05, 3.63) is 48.2 Å². The Morgan fingerprint density at radius 2 is 2.00 bits per heavy atom. The van der Waals surface area contributed by atoms with E-state index in [1.54, 1.807) is 18.2 Å². The minimum atomic E-state index is -3.26. The van der Waals surface area contributed by atoms with Gasteiger partial charge < -0.3 is 0 Å². The molecule has 0 bridgehead atoms. The molecule has 0 spiro atoms. The molecule has 1 aromatic carbocycles. The zero-order valence-electron chi connectivity index (χ0n) is 10.9. The van der Waals surface area contributed by atoms with Crippen molar-refractivity contribution in [2.24, 2.45) is 0 Å². The molecule has 0 radical (unpaired) electrons. The molecule has 4 nitrogen and oxygen atoms in total. The Hall–Kier alpha value is -1.88. The topological polar surface area (TPSA) is 59.1 Å². The molecule has 1 heterocycles. The Labute approximate surface area is 113 Å². The van der Waals surface area contributed by atoms with Gasteiger partial charge in [-0.2, -0.15) is 0 Å². The van der Waals surface area contributed by atoms with Crippen LogP contribution in [-0.2, 0) is 16.4 Å². The largest absolute Gasteiger partial charge is 0.284 e. The molecule has 1 N–H and O–H groups in total. The number of rotatable bonds is 4. The summed E-state index contributed by atoms with van der Waals surface area (Å²) < 4.78 is 24.9. The van der Waals surface area contributed by atoms with Gasteiger partial charge in [-0.1, -0.05) is 25.1 Å². The average Bonchev–Trinajstić information content (AvgIpc) is 2.37. The van der Waals surface area contributed by atoms with Gasteiger partial charge in [0.15, 0.2) is 0 Å². The van der Waals surface area contributed by atoms with Crippen molar-refractivity contribution < 1.29 is 8.42 Å². The van der Waals surface area contributed by atoms with Crippen molar-refractivity contribution in [1.82, 2.24) is 4.98 Å². The Bertz CT molecular complexity index is 664. The highest BCUT2D eigenvalue weighted by atomic mass is 32.2. The highest BCUT2D eigenvalue weighted by Gasteiger charge is 2.04. The van der Waals surface area contributed by atoms with Crippen LogP contribution in [0, 0.1) is 0 Å². The summed E-state index contributed by atoms with van der Waals surface area (Å²) in [6.45, 7) is 2.08. The molecule has 19 heavy (non-hydrogen) atoms. The van der Waals surface area contributed by atoms with Gasteiger partial charge in [0, 0.05) is 17.4 Å². The van der Waals surface area contributed by atoms with Crippen LogP contribution in [-0.4, -0.2) is 19.7 Å². The smallest absolute Gasteiger partial charge is 0.229 e. The third-order valence-corrected chi connectivity index (χ3v) is 3.30. The van der Waals surface area contributed by atoms with Crippen molar-refractivity contribution in [2.75, 3.05) is 11.0 Å². The summed E-state index contributed by atoms with van der Waals surface area (Å²) in [4.78, 5) is 4.38. The maximum atomic E-state index is 11.2. The van der Waals surface area contributed by atoms with Crippen molar-refractivity contribution in [3.63, 3.8) is 0 Å². The molecule has 100 valence electrons. The second-order valence-corrected chi connectivity index (χ2v) is 6.11. The van der Waals surface area contributed by atoms with Gasteiger partial charge in [0.25, 0.3) is 0 Å². The highest BCUT2D eigenvalue weighted by molar-refractivity contribution is 7.92. The van der Waals surface area contributed by atoms with Crippen LogP contribution in [0.15, 0.2) is 42.6 Å². The molecule has 2 rings (SSSR count). The Morgan fingerprint density at radius 3 is 2.58 bits per heavy atom. The quantitative estimate of drug-likeness (QED) is 0.934. The van der Waals surface area contributed by atoms with E-state index < -0.39 is 10.0 Å². The summed E-state index contributed by atoms with van der Waals surface area (Å²) in [5, 5.41) is 0.